The number of benzene rings is 1. The molecule has 2 aromatic rings. The molecule has 4 nitrogen and oxygen atoms in total. The average Bonchev–Trinajstić information content (AvgIpc) is 2.70. The van der Waals surface area contributed by atoms with Crippen LogP contribution in [0.1, 0.15) is 56.6 Å². The van der Waals surface area contributed by atoms with E-state index in [0.29, 0.717) is 0 Å². The van der Waals surface area contributed by atoms with Gasteiger partial charge in [0.15, 0.2) is 11.5 Å². The van der Waals surface area contributed by atoms with E-state index in [-0.39, 0.29) is 0 Å². The van der Waals surface area contributed by atoms with Gasteiger partial charge in [0.25, 0.3) is 0 Å². The Labute approximate surface area is 169 Å². The van der Waals surface area contributed by atoms with E-state index in [0.717, 1.165) is 37.5 Å². The Morgan fingerprint density at radius 1 is 1.14 bits per heavy atom. The van der Waals surface area contributed by atoms with Crippen LogP contribution in [0, 0.1) is 0 Å². The van der Waals surface area contributed by atoms with Crippen molar-refractivity contribution in [2.75, 3.05) is 20.3 Å². The van der Waals surface area contributed by atoms with E-state index in [9.17, 15) is 0 Å². The van der Waals surface area contributed by atoms with Crippen LogP contribution < -0.4 is 14.8 Å². The summed E-state index contributed by atoms with van der Waals surface area (Å²) in [5.74, 6) is 1.64. The van der Waals surface area contributed by atoms with Gasteiger partial charge in [0.1, 0.15) is 0 Å². The Balaban J connectivity index is 1.71. The molecule has 4 heteroatoms. The molecular weight excluding hydrogens is 348 g/mol. The number of rotatable bonds is 11. The SMILES string of the molecule is CCCCCOc1cc(C(NCCc2cccnc2)=C2CCC2)ccc1OC. The zero-order chi connectivity index (χ0) is 19.6. The molecular formula is C24H32N2O2. The number of methoxy groups -OCH3 is 1. The van der Waals surface area contributed by atoms with Crippen LogP contribution in [0.5, 0.6) is 11.5 Å². The average molecular weight is 381 g/mol. The Bertz CT molecular complexity index is 765. The summed E-state index contributed by atoms with van der Waals surface area (Å²) >= 11 is 0. The molecule has 0 saturated heterocycles. The van der Waals surface area contributed by atoms with Gasteiger partial charge < -0.3 is 14.8 Å². The highest BCUT2D eigenvalue weighted by Gasteiger charge is 2.17. The number of aromatic nitrogens is 1. The Kier molecular flexibility index (Phi) is 7.77. The van der Waals surface area contributed by atoms with Crippen LogP contribution in [0.3, 0.4) is 0 Å². The standard InChI is InChI=1S/C24H32N2O2/c1-3-4-5-16-28-23-17-21(11-12-22(23)27-2)24(20-9-6-10-20)26-15-13-19-8-7-14-25-18-19/h7-8,11-12,14,17-18,26H,3-6,9-10,13,15-16H2,1-2H3. The molecule has 1 fully saturated rings. The number of nitrogens with zero attached hydrogens (tertiary/aromatic N) is 1. The normalized spacial score (nSPS) is 13.0. The summed E-state index contributed by atoms with van der Waals surface area (Å²) < 4.78 is 11.6. The molecule has 1 saturated carbocycles. The summed E-state index contributed by atoms with van der Waals surface area (Å²) in [6.45, 7) is 3.83. The summed E-state index contributed by atoms with van der Waals surface area (Å²) in [5.41, 5.74) is 5.21. The number of nitrogens with one attached hydrogen (secondary N) is 1. The highest BCUT2D eigenvalue weighted by atomic mass is 16.5. The molecule has 0 amide bonds. The second-order valence-corrected chi connectivity index (χ2v) is 7.29. The third-order valence-corrected chi connectivity index (χ3v) is 5.21. The van der Waals surface area contributed by atoms with Crippen LogP contribution in [0.15, 0.2) is 48.3 Å². The third-order valence-electron chi connectivity index (χ3n) is 5.21. The highest BCUT2D eigenvalue weighted by molar-refractivity contribution is 5.70. The number of ether oxygens (including phenoxy) is 2. The maximum atomic E-state index is 6.04. The fraction of sp³-hybridized carbons (Fsp3) is 0.458. The van der Waals surface area contributed by atoms with E-state index in [1.165, 1.54) is 54.5 Å². The van der Waals surface area contributed by atoms with Gasteiger partial charge in [-0.15, -0.1) is 0 Å². The second kappa shape index (κ2) is 10.7. The van der Waals surface area contributed by atoms with Gasteiger partial charge in [-0.05, 0) is 67.5 Å². The van der Waals surface area contributed by atoms with E-state index in [4.69, 9.17) is 9.47 Å². The third kappa shape index (κ3) is 5.51. The summed E-state index contributed by atoms with van der Waals surface area (Å²) in [5, 5.41) is 3.68. The van der Waals surface area contributed by atoms with Crippen molar-refractivity contribution in [1.29, 1.82) is 0 Å². The lowest BCUT2D eigenvalue weighted by molar-refractivity contribution is 0.286. The van der Waals surface area contributed by atoms with Gasteiger partial charge in [0.2, 0.25) is 0 Å². The number of hydrogen-bond donors (Lipinski definition) is 1. The first-order valence-electron chi connectivity index (χ1n) is 10.5. The van der Waals surface area contributed by atoms with Gasteiger partial charge in [-0.2, -0.15) is 0 Å². The Hall–Kier alpha value is -2.49. The lowest BCUT2D eigenvalue weighted by Crippen LogP contribution is -2.20. The van der Waals surface area contributed by atoms with E-state index in [1.807, 2.05) is 24.5 Å². The van der Waals surface area contributed by atoms with E-state index >= 15 is 0 Å². The van der Waals surface area contributed by atoms with Crippen LogP contribution in [0.2, 0.25) is 0 Å². The van der Waals surface area contributed by atoms with Crippen molar-refractivity contribution in [1.82, 2.24) is 10.3 Å². The maximum Gasteiger partial charge on any atom is 0.161 e. The van der Waals surface area contributed by atoms with Gasteiger partial charge in [0, 0.05) is 30.2 Å². The first-order valence-corrected chi connectivity index (χ1v) is 10.5. The summed E-state index contributed by atoms with van der Waals surface area (Å²) in [7, 11) is 1.70. The van der Waals surface area contributed by atoms with Crippen molar-refractivity contribution >= 4 is 5.70 Å². The van der Waals surface area contributed by atoms with Crippen LogP contribution in [-0.4, -0.2) is 25.2 Å². The van der Waals surface area contributed by atoms with Crippen LogP contribution in [0.25, 0.3) is 5.70 Å². The minimum Gasteiger partial charge on any atom is -0.493 e. The maximum absolute atomic E-state index is 6.04. The molecule has 1 aromatic heterocycles. The molecule has 0 atom stereocenters. The molecule has 1 aliphatic rings. The molecule has 3 rings (SSSR count). The summed E-state index contributed by atoms with van der Waals surface area (Å²) in [6.07, 6.45) is 11.8. The van der Waals surface area contributed by atoms with Gasteiger partial charge >= 0.3 is 0 Å². The molecule has 1 heterocycles. The minimum absolute atomic E-state index is 0.730. The van der Waals surface area contributed by atoms with Crippen molar-refractivity contribution < 1.29 is 9.47 Å². The lowest BCUT2D eigenvalue weighted by Gasteiger charge is -2.24. The molecule has 0 spiro atoms. The second-order valence-electron chi connectivity index (χ2n) is 7.29. The fourth-order valence-corrected chi connectivity index (χ4v) is 3.39. The highest BCUT2D eigenvalue weighted by Crippen LogP contribution is 2.36. The number of unbranched alkanes of at least 4 members (excludes halogenated alkanes) is 2. The minimum atomic E-state index is 0.730. The summed E-state index contributed by atoms with van der Waals surface area (Å²) in [4.78, 5) is 4.21. The van der Waals surface area contributed by atoms with Gasteiger partial charge in [0.05, 0.1) is 13.7 Å². The quantitative estimate of drug-likeness (QED) is 0.531. The van der Waals surface area contributed by atoms with Crippen molar-refractivity contribution in [3.63, 3.8) is 0 Å². The van der Waals surface area contributed by atoms with E-state index in [1.54, 1.807) is 7.11 Å². The number of pyridine rings is 1. The molecule has 1 aromatic carbocycles. The van der Waals surface area contributed by atoms with Crippen LogP contribution in [-0.2, 0) is 6.42 Å². The molecule has 28 heavy (non-hydrogen) atoms. The molecule has 0 aliphatic heterocycles. The van der Waals surface area contributed by atoms with Crippen LogP contribution >= 0.6 is 0 Å². The molecule has 0 radical (unpaired) electrons. The smallest absolute Gasteiger partial charge is 0.161 e. The zero-order valence-corrected chi connectivity index (χ0v) is 17.2. The van der Waals surface area contributed by atoms with Crippen molar-refractivity contribution in [3.8, 4) is 11.5 Å². The summed E-state index contributed by atoms with van der Waals surface area (Å²) in [6, 6.07) is 10.4. The molecule has 150 valence electrons. The lowest BCUT2D eigenvalue weighted by atomic mass is 9.88. The van der Waals surface area contributed by atoms with E-state index < -0.39 is 0 Å². The van der Waals surface area contributed by atoms with Crippen molar-refractivity contribution in [3.05, 3.63) is 59.4 Å². The predicted octanol–water partition coefficient (Wildman–Crippen LogP) is 5.39. The Morgan fingerprint density at radius 2 is 2.04 bits per heavy atom. The topological polar surface area (TPSA) is 43.4 Å². The molecule has 0 bridgehead atoms. The van der Waals surface area contributed by atoms with Crippen molar-refractivity contribution in [2.45, 2.75) is 51.9 Å². The Morgan fingerprint density at radius 3 is 2.71 bits per heavy atom. The zero-order valence-electron chi connectivity index (χ0n) is 17.2. The van der Waals surface area contributed by atoms with Crippen LogP contribution in [0.4, 0.5) is 0 Å². The largest absolute Gasteiger partial charge is 0.493 e. The molecule has 0 unspecified atom stereocenters. The number of allylic oxidation sites excluding steroid dienone is 1. The van der Waals surface area contributed by atoms with Gasteiger partial charge in [-0.25, -0.2) is 0 Å². The monoisotopic (exact) mass is 380 g/mol. The predicted molar refractivity (Wildman–Crippen MR) is 115 cm³/mol. The first kappa shape index (κ1) is 20.2. The van der Waals surface area contributed by atoms with Gasteiger partial charge in [-0.3, -0.25) is 4.98 Å². The molecule has 1 aliphatic carbocycles. The molecule has 1 N–H and O–H groups in total. The van der Waals surface area contributed by atoms with E-state index in [2.05, 4.69) is 35.4 Å². The first-order chi connectivity index (χ1) is 13.8. The van der Waals surface area contributed by atoms with Gasteiger partial charge in [-0.1, -0.05) is 25.8 Å². The number of hydrogen-bond acceptors (Lipinski definition) is 4. The van der Waals surface area contributed by atoms with Crippen molar-refractivity contribution in [2.24, 2.45) is 0 Å². The fourth-order valence-electron chi connectivity index (χ4n) is 3.39.